The number of rotatable bonds is 6. The Balaban J connectivity index is 2.81. The minimum Gasteiger partial charge on any atom is -0.492 e. The second-order valence-corrected chi connectivity index (χ2v) is 5.44. The summed E-state index contributed by atoms with van der Waals surface area (Å²) in [4.78, 5) is 23.7. The van der Waals surface area contributed by atoms with E-state index in [1.807, 2.05) is 13.8 Å². The van der Waals surface area contributed by atoms with Gasteiger partial charge in [-0.3, -0.25) is 4.79 Å². The predicted octanol–water partition coefficient (Wildman–Crippen LogP) is 3.61. The first kappa shape index (κ1) is 18.5. The fourth-order valence-corrected chi connectivity index (χ4v) is 1.95. The van der Waals surface area contributed by atoms with Crippen molar-refractivity contribution < 1.29 is 19.1 Å². The number of carbonyl (C=O) groups excluding carboxylic acids is 2. The number of hydrogen-bond donors (Lipinski definition) is 1. The second-order valence-electron chi connectivity index (χ2n) is 5.44. The Morgan fingerprint density at radius 3 is 2.48 bits per heavy atom. The Kier molecular flexibility index (Phi) is 6.57. The largest absolute Gasteiger partial charge is 0.492 e. The van der Waals surface area contributed by atoms with Crippen molar-refractivity contribution in [1.82, 2.24) is 0 Å². The third-order valence-electron chi connectivity index (χ3n) is 3.01. The van der Waals surface area contributed by atoms with E-state index in [9.17, 15) is 9.59 Å². The molecule has 0 fully saturated rings. The molecular formula is C18H23NO4. The third-order valence-corrected chi connectivity index (χ3v) is 3.01. The number of hydrogen-bond acceptors (Lipinski definition) is 4. The molecule has 5 heteroatoms. The van der Waals surface area contributed by atoms with Gasteiger partial charge in [-0.2, -0.15) is 0 Å². The highest BCUT2D eigenvalue weighted by Crippen LogP contribution is 2.17. The Labute approximate surface area is 137 Å². The van der Waals surface area contributed by atoms with Crippen LogP contribution in [0.3, 0.4) is 0 Å². The molecule has 23 heavy (non-hydrogen) atoms. The van der Waals surface area contributed by atoms with E-state index in [0.717, 1.165) is 5.56 Å². The number of benzene rings is 1. The molecule has 0 unspecified atom stereocenters. The number of esters is 1. The summed E-state index contributed by atoms with van der Waals surface area (Å²) in [6, 6.07) is 5.00. The quantitative estimate of drug-likeness (QED) is 0.377. The number of anilines is 1. The highest BCUT2D eigenvalue weighted by atomic mass is 16.5. The van der Waals surface area contributed by atoms with Gasteiger partial charge < -0.3 is 14.8 Å². The molecule has 0 aliphatic carbocycles. The molecule has 1 aromatic rings. The number of nitrogens with one attached hydrogen (secondary N) is 1. The number of amides is 1. The summed E-state index contributed by atoms with van der Waals surface area (Å²) in [7, 11) is 1.33. The lowest BCUT2D eigenvalue weighted by Crippen LogP contribution is -2.14. The molecule has 0 radical (unpaired) electrons. The fraction of sp³-hybridized carbons (Fsp3) is 0.333. The van der Waals surface area contributed by atoms with Gasteiger partial charge in [0.1, 0.15) is 5.76 Å². The van der Waals surface area contributed by atoms with Crippen LogP contribution in [0.1, 0.15) is 36.7 Å². The summed E-state index contributed by atoms with van der Waals surface area (Å²) >= 11 is 0. The summed E-state index contributed by atoms with van der Waals surface area (Å²) < 4.78 is 10.1. The highest BCUT2D eigenvalue weighted by Gasteiger charge is 2.11. The van der Waals surface area contributed by atoms with Crippen LogP contribution in [0.4, 0.5) is 5.69 Å². The van der Waals surface area contributed by atoms with E-state index >= 15 is 0 Å². The molecule has 0 aliphatic rings. The van der Waals surface area contributed by atoms with E-state index < -0.39 is 5.97 Å². The van der Waals surface area contributed by atoms with Gasteiger partial charge in [0.2, 0.25) is 0 Å². The zero-order valence-corrected chi connectivity index (χ0v) is 14.2. The van der Waals surface area contributed by atoms with Gasteiger partial charge >= 0.3 is 5.97 Å². The van der Waals surface area contributed by atoms with Crippen molar-refractivity contribution >= 4 is 17.6 Å². The van der Waals surface area contributed by atoms with E-state index in [1.54, 1.807) is 38.1 Å². The van der Waals surface area contributed by atoms with Crippen LogP contribution in [-0.2, 0) is 14.3 Å². The van der Waals surface area contributed by atoms with Crippen LogP contribution < -0.4 is 5.32 Å². The average molecular weight is 317 g/mol. The maximum atomic E-state index is 12.2. The molecule has 0 saturated heterocycles. The van der Waals surface area contributed by atoms with Crippen LogP contribution in [-0.4, -0.2) is 25.1 Å². The monoisotopic (exact) mass is 317 g/mol. The van der Waals surface area contributed by atoms with Crippen LogP contribution in [0.5, 0.6) is 0 Å². The van der Waals surface area contributed by atoms with Gasteiger partial charge in [-0.1, -0.05) is 6.58 Å². The Hall–Kier alpha value is -2.56. The van der Waals surface area contributed by atoms with Gasteiger partial charge in [0.05, 0.1) is 18.8 Å². The van der Waals surface area contributed by atoms with Crippen LogP contribution >= 0.6 is 0 Å². The number of carbonyl (C=O) groups is 2. The van der Waals surface area contributed by atoms with Crippen LogP contribution in [0.25, 0.3) is 0 Å². The van der Waals surface area contributed by atoms with E-state index in [0.29, 0.717) is 22.6 Å². The number of ether oxygens (including phenoxy) is 2. The molecule has 1 aromatic carbocycles. The van der Waals surface area contributed by atoms with Gasteiger partial charge in [0.25, 0.3) is 5.91 Å². The molecule has 1 N–H and O–H groups in total. The highest BCUT2D eigenvalue weighted by molar-refractivity contribution is 6.04. The lowest BCUT2D eigenvalue weighted by Gasteiger charge is -2.11. The van der Waals surface area contributed by atoms with E-state index in [2.05, 4.69) is 11.9 Å². The van der Waals surface area contributed by atoms with Crippen LogP contribution in [0.2, 0.25) is 0 Å². The molecule has 0 aromatic heterocycles. The number of methoxy groups -OCH3 is 1. The summed E-state index contributed by atoms with van der Waals surface area (Å²) in [6.07, 6.45) is 1.59. The lowest BCUT2D eigenvalue weighted by atomic mass is 10.1. The molecule has 0 aliphatic heterocycles. The fourth-order valence-electron chi connectivity index (χ4n) is 1.95. The van der Waals surface area contributed by atoms with Crippen LogP contribution in [0, 0.1) is 6.92 Å². The smallest absolute Gasteiger partial charge is 0.338 e. The van der Waals surface area contributed by atoms with E-state index in [1.165, 1.54) is 7.11 Å². The zero-order valence-electron chi connectivity index (χ0n) is 14.2. The summed E-state index contributed by atoms with van der Waals surface area (Å²) in [6.45, 7) is 11.0. The van der Waals surface area contributed by atoms with E-state index in [4.69, 9.17) is 9.47 Å². The van der Waals surface area contributed by atoms with Crippen molar-refractivity contribution in [2.45, 2.75) is 33.8 Å². The molecule has 0 bridgehead atoms. The molecule has 124 valence electrons. The second kappa shape index (κ2) is 8.17. The van der Waals surface area contributed by atoms with Crippen molar-refractivity contribution in [3.05, 3.63) is 53.3 Å². The van der Waals surface area contributed by atoms with Crippen molar-refractivity contribution in [3.8, 4) is 0 Å². The minimum atomic E-state index is -0.404. The molecule has 1 rings (SSSR count). The molecular weight excluding hydrogens is 294 g/mol. The standard InChI is InChI=1S/C18H23NO4/c1-11(2)23-14(5)9-13(4)17(20)19-15-7-8-16(12(3)10-15)18(21)22-6/h7-11H,5H2,1-4,6H3,(H,19,20). The maximum absolute atomic E-state index is 12.2. The topological polar surface area (TPSA) is 64.6 Å². The maximum Gasteiger partial charge on any atom is 0.338 e. The normalized spacial score (nSPS) is 11.1. The van der Waals surface area contributed by atoms with Gasteiger partial charge in [0, 0.05) is 11.3 Å². The van der Waals surface area contributed by atoms with Gasteiger partial charge in [-0.05, 0) is 57.5 Å². The van der Waals surface area contributed by atoms with E-state index in [-0.39, 0.29) is 12.0 Å². The molecule has 0 heterocycles. The molecule has 5 nitrogen and oxygen atoms in total. The zero-order chi connectivity index (χ0) is 17.6. The molecule has 0 saturated carbocycles. The summed E-state index contributed by atoms with van der Waals surface area (Å²) in [5, 5.41) is 2.77. The molecule has 0 spiro atoms. The average Bonchev–Trinajstić information content (AvgIpc) is 2.45. The molecule has 0 atom stereocenters. The predicted molar refractivity (Wildman–Crippen MR) is 90.3 cm³/mol. The van der Waals surface area contributed by atoms with Crippen molar-refractivity contribution in [2.75, 3.05) is 12.4 Å². The number of aryl methyl sites for hydroxylation is 1. The summed E-state index contributed by atoms with van der Waals surface area (Å²) in [5.41, 5.74) is 2.27. The van der Waals surface area contributed by atoms with Crippen molar-refractivity contribution in [3.63, 3.8) is 0 Å². The van der Waals surface area contributed by atoms with Gasteiger partial charge in [-0.25, -0.2) is 4.79 Å². The first-order valence-electron chi connectivity index (χ1n) is 7.28. The minimum absolute atomic E-state index is 0.00290. The van der Waals surface area contributed by atoms with Crippen LogP contribution in [0.15, 0.2) is 42.2 Å². The molecule has 1 amide bonds. The van der Waals surface area contributed by atoms with Gasteiger partial charge in [0.15, 0.2) is 0 Å². The third kappa shape index (κ3) is 5.62. The van der Waals surface area contributed by atoms with Gasteiger partial charge in [-0.15, -0.1) is 0 Å². The first-order chi connectivity index (χ1) is 10.7. The first-order valence-corrected chi connectivity index (χ1v) is 7.28. The SMILES string of the molecule is C=C(C=C(C)C(=O)Nc1ccc(C(=O)OC)c(C)c1)OC(C)C. The number of allylic oxidation sites excluding steroid dienone is 1. The van der Waals surface area contributed by atoms with Crippen molar-refractivity contribution in [1.29, 1.82) is 0 Å². The summed E-state index contributed by atoms with van der Waals surface area (Å²) in [5.74, 6) is -0.229. The van der Waals surface area contributed by atoms with Crippen molar-refractivity contribution in [2.24, 2.45) is 0 Å². The Morgan fingerprint density at radius 1 is 1.30 bits per heavy atom. The Bertz CT molecular complexity index is 644. The Morgan fingerprint density at radius 2 is 1.96 bits per heavy atom. The lowest BCUT2D eigenvalue weighted by molar-refractivity contribution is -0.112.